The van der Waals surface area contributed by atoms with E-state index in [4.69, 9.17) is 4.74 Å². The summed E-state index contributed by atoms with van der Waals surface area (Å²) < 4.78 is 5.98. The maximum absolute atomic E-state index is 5.98. The molecule has 0 aromatic heterocycles. The van der Waals surface area contributed by atoms with Crippen LogP contribution < -0.4 is 5.32 Å². The molecule has 1 aliphatic heterocycles. The predicted octanol–water partition coefficient (Wildman–Crippen LogP) is 2.51. The Kier molecular flexibility index (Phi) is 7.87. The Morgan fingerprint density at radius 1 is 1.33 bits per heavy atom. The van der Waals surface area contributed by atoms with Crippen LogP contribution in [0.25, 0.3) is 0 Å². The zero-order chi connectivity index (χ0) is 13.4. The molecule has 0 bridgehead atoms. The fraction of sp³-hybridized carbons (Fsp3) is 1.00. The van der Waals surface area contributed by atoms with Gasteiger partial charge in [-0.2, -0.15) is 0 Å². The topological polar surface area (TPSA) is 24.5 Å². The number of likely N-dealkylation sites (N-methyl/N-ethyl adjacent to an activating group) is 1. The highest BCUT2D eigenvalue weighted by Gasteiger charge is 2.27. The highest BCUT2D eigenvalue weighted by Crippen LogP contribution is 2.18. The van der Waals surface area contributed by atoms with Gasteiger partial charge in [-0.1, -0.05) is 33.6 Å². The molecule has 0 aromatic rings. The first-order valence-corrected chi connectivity index (χ1v) is 7.70. The zero-order valence-corrected chi connectivity index (χ0v) is 12.7. The number of ether oxygens (including phenoxy) is 1. The third-order valence-electron chi connectivity index (χ3n) is 3.84. The van der Waals surface area contributed by atoms with Crippen LogP contribution in [0.1, 0.15) is 46.5 Å². The van der Waals surface area contributed by atoms with Crippen LogP contribution in [0.5, 0.6) is 0 Å². The maximum Gasteiger partial charge on any atom is 0.0855 e. The molecule has 0 aliphatic carbocycles. The van der Waals surface area contributed by atoms with Crippen LogP contribution in [-0.2, 0) is 4.74 Å². The first kappa shape index (κ1) is 15.9. The molecule has 18 heavy (non-hydrogen) atoms. The number of morpholine rings is 1. The molecule has 0 saturated carbocycles. The van der Waals surface area contributed by atoms with Gasteiger partial charge in [0.2, 0.25) is 0 Å². The van der Waals surface area contributed by atoms with E-state index in [2.05, 4.69) is 38.0 Å². The average molecular weight is 256 g/mol. The van der Waals surface area contributed by atoms with Gasteiger partial charge in [0.15, 0.2) is 0 Å². The van der Waals surface area contributed by atoms with Crippen LogP contribution in [0.3, 0.4) is 0 Å². The summed E-state index contributed by atoms with van der Waals surface area (Å²) in [6, 6.07) is 0.522. The van der Waals surface area contributed by atoms with Gasteiger partial charge in [-0.15, -0.1) is 0 Å². The van der Waals surface area contributed by atoms with E-state index in [0.29, 0.717) is 12.1 Å². The Morgan fingerprint density at radius 3 is 2.72 bits per heavy atom. The molecule has 0 amide bonds. The van der Waals surface area contributed by atoms with E-state index < -0.39 is 0 Å². The Labute approximate surface area is 113 Å². The Hall–Kier alpha value is -0.120. The van der Waals surface area contributed by atoms with Crippen LogP contribution in [0.15, 0.2) is 0 Å². The molecule has 3 nitrogen and oxygen atoms in total. The van der Waals surface area contributed by atoms with E-state index >= 15 is 0 Å². The largest absolute Gasteiger partial charge is 0.374 e. The van der Waals surface area contributed by atoms with Gasteiger partial charge in [0.05, 0.1) is 12.7 Å². The lowest BCUT2D eigenvalue weighted by Crippen LogP contribution is -2.51. The molecule has 1 saturated heterocycles. The second-order valence-corrected chi connectivity index (χ2v) is 5.86. The summed E-state index contributed by atoms with van der Waals surface area (Å²) in [5.74, 6) is 0.792. The summed E-state index contributed by atoms with van der Waals surface area (Å²) in [6.07, 6.45) is 5.42. The summed E-state index contributed by atoms with van der Waals surface area (Å²) in [7, 11) is 2.20. The van der Waals surface area contributed by atoms with Crippen LogP contribution in [-0.4, -0.2) is 50.3 Å². The third kappa shape index (κ3) is 5.68. The summed E-state index contributed by atoms with van der Waals surface area (Å²) in [4.78, 5) is 2.39. The molecule has 0 spiro atoms. The van der Waals surface area contributed by atoms with E-state index in [-0.39, 0.29) is 0 Å². The van der Waals surface area contributed by atoms with Gasteiger partial charge in [0.1, 0.15) is 0 Å². The fourth-order valence-electron chi connectivity index (χ4n) is 2.79. The minimum absolute atomic E-state index is 0.370. The lowest BCUT2D eigenvalue weighted by molar-refractivity contribution is -0.0422. The standard InChI is InChI=1S/C15H32N2O/c1-5-7-13(3)11-14(16-8-6-2)15-12-17(4)9-10-18-15/h13-16H,5-12H2,1-4H3. The molecule has 3 heteroatoms. The highest BCUT2D eigenvalue weighted by molar-refractivity contribution is 4.83. The van der Waals surface area contributed by atoms with Gasteiger partial charge >= 0.3 is 0 Å². The third-order valence-corrected chi connectivity index (χ3v) is 3.84. The Balaban J connectivity index is 2.47. The predicted molar refractivity (Wildman–Crippen MR) is 78.0 cm³/mol. The quantitative estimate of drug-likeness (QED) is 0.722. The first-order chi connectivity index (χ1) is 8.67. The van der Waals surface area contributed by atoms with Crippen LogP contribution >= 0.6 is 0 Å². The van der Waals surface area contributed by atoms with Crippen molar-refractivity contribution < 1.29 is 4.74 Å². The van der Waals surface area contributed by atoms with Gasteiger partial charge in [-0.25, -0.2) is 0 Å². The van der Waals surface area contributed by atoms with Crippen molar-refractivity contribution in [2.75, 3.05) is 33.3 Å². The minimum atomic E-state index is 0.370. The van der Waals surface area contributed by atoms with Gasteiger partial charge in [0.25, 0.3) is 0 Å². The number of rotatable bonds is 8. The number of nitrogens with zero attached hydrogens (tertiary/aromatic N) is 1. The molecule has 1 N–H and O–H groups in total. The van der Waals surface area contributed by atoms with Gasteiger partial charge in [0, 0.05) is 19.1 Å². The van der Waals surface area contributed by atoms with Gasteiger partial charge in [-0.3, -0.25) is 0 Å². The van der Waals surface area contributed by atoms with Crippen molar-refractivity contribution in [1.29, 1.82) is 0 Å². The van der Waals surface area contributed by atoms with Gasteiger partial charge in [-0.05, 0) is 32.4 Å². The molecule has 1 rings (SSSR count). The summed E-state index contributed by atoms with van der Waals surface area (Å²) in [5, 5.41) is 3.70. The average Bonchev–Trinajstić information content (AvgIpc) is 2.34. The van der Waals surface area contributed by atoms with Crippen molar-refractivity contribution in [2.45, 2.75) is 58.6 Å². The first-order valence-electron chi connectivity index (χ1n) is 7.70. The number of nitrogens with one attached hydrogen (secondary N) is 1. The summed E-state index contributed by atoms with van der Waals surface area (Å²) in [5.41, 5.74) is 0. The Bertz CT molecular complexity index is 211. The molecule has 0 radical (unpaired) electrons. The minimum Gasteiger partial charge on any atom is -0.374 e. The van der Waals surface area contributed by atoms with E-state index in [1.165, 1.54) is 25.7 Å². The Morgan fingerprint density at radius 2 is 2.11 bits per heavy atom. The molecule has 1 heterocycles. The summed E-state index contributed by atoms with van der Waals surface area (Å²) in [6.45, 7) is 11.0. The molecular formula is C15H32N2O. The van der Waals surface area contributed by atoms with Gasteiger partial charge < -0.3 is 15.0 Å². The SMILES string of the molecule is CCCNC(CC(C)CCC)C1CN(C)CCO1. The lowest BCUT2D eigenvalue weighted by Gasteiger charge is -2.36. The molecule has 0 aromatic carbocycles. The monoisotopic (exact) mass is 256 g/mol. The fourth-order valence-corrected chi connectivity index (χ4v) is 2.79. The van der Waals surface area contributed by atoms with Crippen molar-refractivity contribution in [3.05, 3.63) is 0 Å². The highest BCUT2D eigenvalue weighted by atomic mass is 16.5. The zero-order valence-electron chi connectivity index (χ0n) is 12.7. The molecule has 1 fully saturated rings. The van der Waals surface area contributed by atoms with Crippen molar-refractivity contribution >= 4 is 0 Å². The van der Waals surface area contributed by atoms with E-state index in [1.54, 1.807) is 0 Å². The second kappa shape index (κ2) is 8.89. The lowest BCUT2D eigenvalue weighted by atomic mass is 9.93. The van der Waals surface area contributed by atoms with Crippen molar-refractivity contribution in [3.63, 3.8) is 0 Å². The second-order valence-electron chi connectivity index (χ2n) is 5.86. The van der Waals surface area contributed by atoms with Crippen LogP contribution in [0.2, 0.25) is 0 Å². The molecule has 1 aliphatic rings. The molecule has 108 valence electrons. The smallest absolute Gasteiger partial charge is 0.0855 e. The molecule has 3 unspecified atom stereocenters. The van der Waals surface area contributed by atoms with Crippen LogP contribution in [0.4, 0.5) is 0 Å². The van der Waals surface area contributed by atoms with E-state index in [0.717, 1.165) is 32.2 Å². The maximum atomic E-state index is 5.98. The van der Waals surface area contributed by atoms with E-state index in [9.17, 15) is 0 Å². The number of hydrogen-bond donors (Lipinski definition) is 1. The van der Waals surface area contributed by atoms with Crippen LogP contribution in [0, 0.1) is 5.92 Å². The molecular weight excluding hydrogens is 224 g/mol. The van der Waals surface area contributed by atoms with Crippen molar-refractivity contribution in [3.8, 4) is 0 Å². The summed E-state index contributed by atoms with van der Waals surface area (Å²) >= 11 is 0. The van der Waals surface area contributed by atoms with Crippen molar-refractivity contribution in [1.82, 2.24) is 10.2 Å². The van der Waals surface area contributed by atoms with E-state index in [1.807, 2.05) is 0 Å². The van der Waals surface area contributed by atoms with Crippen molar-refractivity contribution in [2.24, 2.45) is 5.92 Å². The molecule has 3 atom stereocenters. The normalized spacial score (nSPS) is 25.0. The number of hydrogen-bond acceptors (Lipinski definition) is 3.